The van der Waals surface area contributed by atoms with Crippen molar-refractivity contribution in [2.75, 3.05) is 5.32 Å². The molecule has 104 valence electrons. The number of carbonyl (C=O) groups is 1. The predicted molar refractivity (Wildman–Crippen MR) is 81.8 cm³/mol. The van der Waals surface area contributed by atoms with Crippen molar-refractivity contribution in [3.8, 4) is 0 Å². The second-order valence-electron chi connectivity index (χ2n) is 4.71. The zero-order valence-corrected chi connectivity index (χ0v) is 12.4. The minimum absolute atomic E-state index is 0.220. The molecule has 1 aromatic carbocycles. The molecule has 0 bridgehead atoms. The second kappa shape index (κ2) is 5.92. The van der Waals surface area contributed by atoms with Crippen LogP contribution in [0.5, 0.6) is 0 Å². The quantitative estimate of drug-likeness (QED) is 0.881. The summed E-state index contributed by atoms with van der Waals surface area (Å²) in [7, 11) is 1.83. The Morgan fingerprint density at radius 1 is 1.40 bits per heavy atom. The number of nitrogens with zero attached hydrogens (tertiary/aromatic N) is 2. The van der Waals surface area contributed by atoms with Crippen molar-refractivity contribution in [1.82, 2.24) is 9.78 Å². The van der Waals surface area contributed by atoms with Crippen molar-refractivity contribution < 1.29 is 4.79 Å². The SMILES string of the molecule is Cc1cc(C)c(NC(=O)/C=C/c2cnn(C)c2)c(Cl)c1. The van der Waals surface area contributed by atoms with Gasteiger partial charge in [-0.25, -0.2) is 0 Å². The van der Waals surface area contributed by atoms with Crippen molar-refractivity contribution >= 4 is 29.3 Å². The maximum Gasteiger partial charge on any atom is 0.248 e. The zero-order chi connectivity index (χ0) is 14.7. The van der Waals surface area contributed by atoms with Crippen LogP contribution in [0.4, 0.5) is 5.69 Å². The monoisotopic (exact) mass is 289 g/mol. The molecular formula is C15H16ClN3O. The van der Waals surface area contributed by atoms with Gasteiger partial charge in [0.1, 0.15) is 0 Å². The van der Waals surface area contributed by atoms with E-state index in [-0.39, 0.29) is 5.91 Å². The van der Waals surface area contributed by atoms with Gasteiger partial charge in [0, 0.05) is 24.9 Å². The average Bonchev–Trinajstić information content (AvgIpc) is 2.77. The van der Waals surface area contributed by atoms with E-state index in [2.05, 4.69) is 10.4 Å². The van der Waals surface area contributed by atoms with Crippen molar-refractivity contribution in [3.05, 3.63) is 52.3 Å². The highest BCUT2D eigenvalue weighted by Gasteiger charge is 2.07. The van der Waals surface area contributed by atoms with E-state index in [1.165, 1.54) is 6.08 Å². The van der Waals surface area contributed by atoms with Crippen molar-refractivity contribution in [3.63, 3.8) is 0 Å². The first-order valence-corrected chi connectivity index (χ1v) is 6.58. The van der Waals surface area contributed by atoms with Crippen LogP contribution < -0.4 is 5.32 Å². The summed E-state index contributed by atoms with van der Waals surface area (Å²) < 4.78 is 1.68. The predicted octanol–water partition coefficient (Wildman–Crippen LogP) is 3.34. The first-order chi connectivity index (χ1) is 9.45. The van der Waals surface area contributed by atoms with Gasteiger partial charge in [-0.1, -0.05) is 17.7 Å². The number of amides is 1. The molecule has 0 fully saturated rings. The molecule has 20 heavy (non-hydrogen) atoms. The molecule has 0 spiro atoms. The molecule has 0 saturated heterocycles. The van der Waals surface area contributed by atoms with Gasteiger partial charge in [0.2, 0.25) is 5.91 Å². The summed E-state index contributed by atoms with van der Waals surface area (Å²) in [5, 5.41) is 7.37. The molecule has 0 aliphatic heterocycles. The lowest BCUT2D eigenvalue weighted by Crippen LogP contribution is -2.09. The average molecular weight is 290 g/mol. The number of aryl methyl sites for hydroxylation is 3. The highest BCUT2D eigenvalue weighted by molar-refractivity contribution is 6.34. The fourth-order valence-electron chi connectivity index (χ4n) is 1.94. The van der Waals surface area contributed by atoms with E-state index in [1.807, 2.05) is 39.2 Å². The Bertz CT molecular complexity index is 651. The Balaban J connectivity index is 2.10. The van der Waals surface area contributed by atoms with E-state index in [4.69, 9.17) is 11.6 Å². The number of hydrogen-bond donors (Lipinski definition) is 1. The van der Waals surface area contributed by atoms with E-state index < -0.39 is 0 Å². The highest BCUT2D eigenvalue weighted by Crippen LogP contribution is 2.27. The maximum absolute atomic E-state index is 11.9. The normalized spacial score (nSPS) is 11.0. The first kappa shape index (κ1) is 14.3. The van der Waals surface area contributed by atoms with Crippen LogP contribution in [-0.4, -0.2) is 15.7 Å². The molecule has 0 aliphatic carbocycles. The van der Waals surface area contributed by atoms with Crippen LogP contribution in [0.3, 0.4) is 0 Å². The van der Waals surface area contributed by atoms with Gasteiger partial charge < -0.3 is 5.32 Å². The van der Waals surface area contributed by atoms with Crippen LogP contribution in [-0.2, 0) is 11.8 Å². The van der Waals surface area contributed by atoms with E-state index in [0.29, 0.717) is 10.7 Å². The van der Waals surface area contributed by atoms with Gasteiger partial charge in [-0.2, -0.15) is 5.10 Å². The van der Waals surface area contributed by atoms with Gasteiger partial charge >= 0.3 is 0 Å². The summed E-state index contributed by atoms with van der Waals surface area (Å²) in [6.07, 6.45) is 6.69. The van der Waals surface area contributed by atoms with Crippen LogP contribution >= 0.6 is 11.6 Å². The minimum Gasteiger partial charge on any atom is -0.321 e. The number of hydrogen-bond acceptors (Lipinski definition) is 2. The third-order valence-corrected chi connectivity index (χ3v) is 3.13. The molecule has 1 amide bonds. The fourth-order valence-corrected chi connectivity index (χ4v) is 2.31. The Hall–Kier alpha value is -2.07. The molecule has 2 aromatic rings. The second-order valence-corrected chi connectivity index (χ2v) is 5.12. The summed E-state index contributed by atoms with van der Waals surface area (Å²) in [6.45, 7) is 3.88. The van der Waals surface area contributed by atoms with Gasteiger partial charge in [-0.3, -0.25) is 9.48 Å². The number of anilines is 1. The Morgan fingerprint density at radius 3 is 2.75 bits per heavy atom. The molecule has 5 heteroatoms. The molecule has 1 N–H and O–H groups in total. The molecule has 2 rings (SSSR count). The Labute approximate surface area is 123 Å². The molecular weight excluding hydrogens is 274 g/mol. The maximum atomic E-state index is 11.9. The van der Waals surface area contributed by atoms with E-state index in [1.54, 1.807) is 17.0 Å². The summed E-state index contributed by atoms with van der Waals surface area (Å²) in [6, 6.07) is 3.81. The van der Waals surface area contributed by atoms with E-state index >= 15 is 0 Å². The molecule has 4 nitrogen and oxygen atoms in total. The summed E-state index contributed by atoms with van der Waals surface area (Å²) >= 11 is 6.15. The van der Waals surface area contributed by atoms with Crippen molar-refractivity contribution in [2.45, 2.75) is 13.8 Å². The number of halogens is 1. The largest absolute Gasteiger partial charge is 0.321 e. The van der Waals surface area contributed by atoms with Gasteiger partial charge in [-0.15, -0.1) is 0 Å². The summed E-state index contributed by atoms with van der Waals surface area (Å²) in [5.74, 6) is -0.220. The minimum atomic E-state index is -0.220. The van der Waals surface area contributed by atoms with Gasteiger partial charge in [-0.05, 0) is 37.1 Å². The zero-order valence-electron chi connectivity index (χ0n) is 11.6. The molecule has 0 saturated carbocycles. The smallest absolute Gasteiger partial charge is 0.248 e. The number of benzene rings is 1. The molecule has 0 aliphatic rings. The van der Waals surface area contributed by atoms with Crippen LogP contribution in [0.15, 0.2) is 30.6 Å². The van der Waals surface area contributed by atoms with Crippen molar-refractivity contribution in [1.29, 1.82) is 0 Å². The fraction of sp³-hybridized carbons (Fsp3) is 0.200. The van der Waals surface area contributed by atoms with Crippen LogP contribution in [0.1, 0.15) is 16.7 Å². The van der Waals surface area contributed by atoms with Gasteiger partial charge in [0.25, 0.3) is 0 Å². The molecule has 0 atom stereocenters. The highest BCUT2D eigenvalue weighted by atomic mass is 35.5. The summed E-state index contributed by atoms with van der Waals surface area (Å²) in [5.41, 5.74) is 3.53. The van der Waals surface area contributed by atoms with E-state index in [9.17, 15) is 4.79 Å². The number of carbonyl (C=O) groups excluding carboxylic acids is 1. The summed E-state index contributed by atoms with van der Waals surface area (Å²) in [4.78, 5) is 11.9. The van der Waals surface area contributed by atoms with Crippen molar-refractivity contribution in [2.24, 2.45) is 7.05 Å². The first-order valence-electron chi connectivity index (χ1n) is 6.20. The third kappa shape index (κ3) is 3.48. The lowest BCUT2D eigenvalue weighted by Gasteiger charge is -2.09. The van der Waals surface area contributed by atoms with Gasteiger partial charge in [0.05, 0.1) is 16.9 Å². The van der Waals surface area contributed by atoms with Crippen LogP contribution in [0.2, 0.25) is 5.02 Å². The molecule has 1 aromatic heterocycles. The van der Waals surface area contributed by atoms with Crippen LogP contribution in [0.25, 0.3) is 6.08 Å². The lowest BCUT2D eigenvalue weighted by molar-refractivity contribution is -0.111. The van der Waals surface area contributed by atoms with E-state index in [0.717, 1.165) is 16.7 Å². The molecule has 0 unspecified atom stereocenters. The Kier molecular flexibility index (Phi) is 4.25. The van der Waals surface area contributed by atoms with Crippen LogP contribution in [0, 0.1) is 13.8 Å². The van der Waals surface area contributed by atoms with Gasteiger partial charge in [0.15, 0.2) is 0 Å². The molecule has 0 radical (unpaired) electrons. The topological polar surface area (TPSA) is 46.9 Å². The molecule has 1 heterocycles. The number of nitrogens with one attached hydrogen (secondary N) is 1. The standard InChI is InChI=1S/C15H16ClN3O/c1-10-6-11(2)15(13(16)7-10)18-14(20)5-4-12-8-17-19(3)9-12/h4-9H,1-3H3,(H,18,20)/b5-4+. The lowest BCUT2D eigenvalue weighted by atomic mass is 10.1. The number of aromatic nitrogens is 2. The third-order valence-electron chi connectivity index (χ3n) is 2.83. The Morgan fingerprint density at radius 2 is 2.15 bits per heavy atom. The number of rotatable bonds is 3.